The molecule has 0 radical (unpaired) electrons. The van der Waals surface area contributed by atoms with E-state index in [-0.39, 0.29) is 11.4 Å². The van der Waals surface area contributed by atoms with E-state index >= 15 is 0 Å². The van der Waals surface area contributed by atoms with Crippen LogP contribution < -0.4 is 4.72 Å². The summed E-state index contributed by atoms with van der Waals surface area (Å²) in [5.74, 6) is 0. The zero-order valence-corrected chi connectivity index (χ0v) is 13.1. The van der Waals surface area contributed by atoms with Gasteiger partial charge in [0.25, 0.3) is 0 Å². The fourth-order valence-electron chi connectivity index (χ4n) is 1.86. The molecule has 108 valence electrons. The maximum absolute atomic E-state index is 12.3. The van der Waals surface area contributed by atoms with Crippen molar-refractivity contribution >= 4 is 21.6 Å². The molecule has 1 aromatic carbocycles. The minimum atomic E-state index is -3.56. The van der Waals surface area contributed by atoms with Gasteiger partial charge in [0.05, 0.1) is 11.1 Å². The molecule has 0 aliphatic rings. The van der Waals surface area contributed by atoms with Crippen LogP contribution in [0.3, 0.4) is 0 Å². The molecule has 5 nitrogen and oxygen atoms in total. The van der Waals surface area contributed by atoms with Crippen LogP contribution in [0.15, 0.2) is 29.4 Å². The summed E-state index contributed by atoms with van der Waals surface area (Å²) < 4.78 is 28.8. The second kappa shape index (κ2) is 5.55. The lowest BCUT2D eigenvalue weighted by Gasteiger charge is -2.10. The first kappa shape index (κ1) is 15.0. The predicted octanol–water partition coefficient (Wildman–Crippen LogP) is 2.17. The van der Waals surface area contributed by atoms with Gasteiger partial charge in [0.2, 0.25) is 10.0 Å². The van der Waals surface area contributed by atoms with E-state index in [1.165, 1.54) is 0 Å². The van der Waals surface area contributed by atoms with Gasteiger partial charge in [-0.25, -0.2) is 13.1 Å². The van der Waals surface area contributed by atoms with Gasteiger partial charge in [-0.3, -0.25) is 4.68 Å². The number of halogens is 1. The molecule has 2 aromatic rings. The van der Waals surface area contributed by atoms with Crippen molar-refractivity contribution in [1.82, 2.24) is 14.5 Å². The lowest BCUT2D eigenvalue weighted by Crippen LogP contribution is -2.24. The maximum Gasteiger partial charge on any atom is 0.241 e. The monoisotopic (exact) mass is 313 g/mol. The number of nitrogens with one attached hydrogen (secondary N) is 1. The van der Waals surface area contributed by atoms with E-state index in [1.54, 1.807) is 50.1 Å². The van der Waals surface area contributed by atoms with E-state index in [1.807, 2.05) is 0 Å². The number of hydrogen-bond donors (Lipinski definition) is 1. The van der Waals surface area contributed by atoms with Crippen molar-refractivity contribution in [2.75, 3.05) is 0 Å². The Kier molecular flexibility index (Phi) is 4.17. The zero-order chi connectivity index (χ0) is 14.9. The SMILES string of the molecule is Cc1cc(S(=O)(=O)NCc2cnn(C)c2)c(C)cc1Cl. The van der Waals surface area contributed by atoms with E-state index in [0.717, 1.165) is 11.1 Å². The lowest BCUT2D eigenvalue weighted by molar-refractivity contribution is 0.580. The molecule has 1 aromatic heterocycles. The molecule has 0 amide bonds. The highest BCUT2D eigenvalue weighted by Gasteiger charge is 2.18. The molecule has 0 saturated heterocycles. The summed E-state index contributed by atoms with van der Waals surface area (Å²) in [5.41, 5.74) is 2.16. The number of rotatable bonds is 4. The van der Waals surface area contributed by atoms with Gasteiger partial charge in [-0.05, 0) is 37.1 Å². The first-order valence-corrected chi connectivity index (χ1v) is 7.89. The molecule has 0 atom stereocenters. The summed E-state index contributed by atoms with van der Waals surface area (Å²) >= 11 is 5.99. The fraction of sp³-hybridized carbons (Fsp3) is 0.308. The van der Waals surface area contributed by atoms with Crippen molar-refractivity contribution in [3.63, 3.8) is 0 Å². The average Bonchev–Trinajstić information content (AvgIpc) is 2.77. The van der Waals surface area contributed by atoms with E-state index < -0.39 is 10.0 Å². The standard InChI is InChI=1S/C13H16ClN3O2S/c1-9-5-13(10(2)4-12(9)14)20(18,19)16-7-11-6-15-17(3)8-11/h4-6,8,16H,7H2,1-3H3. The van der Waals surface area contributed by atoms with E-state index in [0.29, 0.717) is 10.6 Å². The van der Waals surface area contributed by atoms with Gasteiger partial charge in [0.15, 0.2) is 0 Å². The van der Waals surface area contributed by atoms with Crippen LogP contribution in [-0.2, 0) is 23.6 Å². The number of sulfonamides is 1. The summed E-state index contributed by atoms with van der Waals surface area (Å²) in [6, 6.07) is 3.25. The van der Waals surface area contributed by atoms with Gasteiger partial charge in [-0.2, -0.15) is 5.10 Å². The molecule has 0 unspecified atom stereocenters. The quantitative estimate of drug-likeness (QED) is 0.941. The van der Waals surface area contributed by atoms with Crippen LogP contribution in [0.4, 0.5) is 0 Å². The third-order valence-electron chi connectivity index (χ3n) is 2.97. The molecule has 1 N–H and O–H groups in total. The number of aromatic nitrogens is 2. The maximum atomic E-state index is 12.3. The Morgan fingerprint density at radius 1 is 1.30 bits per heavy atom. The van der Waals surface area contributed by atoms with Crippen LogP contribution in [0.1, 0.15) is 16.7 Å². The topological polar surface area (TPSA) is 64.0 Å². The van der Waals surface area contributed by atoms with Gasteiger partial charge in [0.1, 0.15) is 0 Å². The number of nitrogens with zero attached hydrogens (tertiary/aromatic N) is 2. The van der Waals surface area contributed by atoms with Crippen molar-refractivity contribution in [3.05, 3.63) is 46.2 Å². The third-order valence-corrected chi connectivity index (χ3v) is 4.92. The minimum Gasteiger partial charge on any atom is -0.275 e. The zero-order valence-electron chi connectivity index (χ0n) is 11.5. The lowest BCUT2D eigenvalue weighted by atomic mass is 10.2. The molecule has 0 saturated carbocycles. The van der Waals surface area contributed by atoms with Gasteiger partial charge in [-0.15, -0.1) is 0 Å². The molecule has 0 spiro atoms. The molecule has 0 fully saturated rings. The smallest absolute Gasteiger partial charge is 0.241 e. The Labute approximate surface area is 123 Å². The molecule has 7 heteroatoms. The van der Waals surface area contributed by atoms with Crippen LogP contribution in [0.25, 0.3) is 0 Å². The van der Waals surface area contributed by atoms with Gasteiger partial charge in [0, 0.05) is 30.4 Å². The number of benzene rings is 1. The normalized spacial score (nSPS) is 11.8. The van der Waals surface area contributed by atoms with Crippen LogP contribution in [-0.4, -0.2) is 18.2 Å². The van der Waals surface area contributed by atoms with Gasteiger partial charge >= 0.3 is 0 Å². The molecular weight excluding hydrogens is 298 g/mol. The van der Waals surface area contributed by atoms with E-state index in [2.05, 4.69) is 9.82 Å². The van der Waals surface area contributed by atoms with Crippen LogP contribution in [0.2, 0.25) is 5.02 Å². The Bertz CT molecular complexity index is 738. The number of hydrogen-bond acceptors (Lipinski definition) is 3. The molecule has 0 aliphatic carbocycles. The highest BCUT2D eigenvalue weighted by molar-refractivity contribution is 7.89. The second-order valence-electron chi connectivity index (χ2n) is 4.71. The molecular formula is C13H16ClN3O2S. The third kappa shape index (κ3) is 3.20. The minimum absolute atomic E-state index is 0.206. The van der Waals surface area contributed by atoms with E-state index in [4.69, 9.17) is 11.6 Å². The second-order valence-corrected chi connectivity index (χ2v) is 6.86. The number of aryl methyl sites for hydroxylation is 3. The van der Waals surface area contributed by atoms with Crippen molar-refractivity contribution in [2.24, 2.45) is 7.05 Å². The first-order valence-electron chi connectivity index (χ1n) is 6.03. The highest BCUT2D eigenvalue weighted by Crippen LogP contribution is 2.23. The summed E-state index contributed by atoms with van der Waals surface area (Å²) in [5, 5.41) is 4.56. The van der Waals surface area contributed by atoms with E-state index in [9.17, 15) is 8.42 Å². The molecule has 0 bridgehead atoms. The van der Waals surface area contributed by atoms with Crippen LogP contribution in [0, 0.1) is 13.8 Å². The van der Waals surface area contributed by atoms with Gasteiger partial charge in [-0.1, -0.05) is 11.6 Å². The van der Waals surface area contributed by atoms with Crippen molar-refractivity contribution in [3.8, 4) is 0 Å². The Morgan fingerprint density at radius 2 is 2.00 bits per heavy atom. The van der Waals surface area contributed by atoms with Crippen molar-refractivity contribution in [1.29, 1.82) is 0 Å². The fourth-order valence-corrected chi connectivity index (χ4v) is 3.41. The Balaban J connectivity index is 2.24. The van der Waals surface area contributed by atoms with Crippen molar-refractivity contribution < 1.29 is 8.42 Å². The molecule has 1 heterocycles. The average molecular weight is 314 g/mol. The summed E-state index contributed by atoms with van der Waals surface area (Å²) in [4.78, 5) is 0.253. The van der Waals surface area contributed by atoms with Crippen LogP contribution in [0.5, 0.6) is 0 Å². The molecule has 0 aliphatic heterocycles. The Morgan fingerprint density at radius 3 is 2.60 bits per heavy atom. The van der Waals surface area contributed by atoms with Gasteiger partial charge < -0.3 is 0 Å². The largest absolute Gasteiger partial charge is 0.275 e. The highest BCUT2D eigenvalue weighted by atomic mass is 35.5. The summed E-state index contributed by atoms with van der Waals surface area (Å²) in [6.45, 7) is 3.71. The predicted molar refractivity (Wildman–Crippen MR) is 78.2 cm³/mol. The first-order chi connectivity index (χ1) is 9.29. The van der Waals surface area contributed by atoms with Crippen LogP contribution >= 0.6 is 11.6 Å². The summed E-state index contributed by atoms with van der Waals surface area (Å²) in [7, 11) is -1.78. The molecule has 2 rings (SSSR count). The Hall–Kier alpha value is -1.37. The van der Waals surface area contributed by atoms with Crippen molar-refractivity contribution in [2.45, 2.75) is 25.3 Å². The summed E-state index contributed by atoms with van der Waals surface area (Å²) in [6.07, 6.45) is 3.39. The molecule has 20 heavy (non-hydrogen) atoms.